The molecule has 2 unspecified atom stereocenters. The Kier molecular flexibility index (Phi) is 4.39. The topological polar surface area (TPSA) is 75.7 Å². The van der Waals surface area contributed by atoms with E-state index in [1.165, 1.54) is 4.90 Å². The van der Waals surface area contributed by atoms with Gasteiger partial charge in [0.25, 0.3) is 0 Å². The fraction of sp³-hybridized carbons (Fsp3) is 0.286. The van der Waals surface area contributed by atoms with Gasteiger partial charge in [-0.3, -0.25) is 14.5 Å². The molecule has 4 rings (SSSR count). The summed E-state index contributed by atoms with van der Waals surface area (Å²) < 4.78 is 5.43. The molecule has 0 aliphatic carbocycles. The average molecular weight is 364 g/mol. The van der Waals surface area contributed by atoms with Crippen molar-refractivity contribution < 1.29 is 19.1 Å². The normalized spacial score (nSPS) is 21.1. The van der Waals surface area contributed by atoms with Crippen LogP contribution >= 0.6 is 0 Å². The van der Waals surface area contributed by atoms with Gasteiger partial charge in [0.1, 0.15) is 6.04 Å². The molecule has 138 valence electrons. The van der Waals surface area contributed by atoms with Crippen molar-refractivity contribution in [2.75, 3.05) is 0 Å². The summed E-state index contributed by atoms with van der Waals surface area (Å²) in [4.78, 5) is 38.7. The highest BCUT2D eigenvalue weighted by molar-refractivity contribution is 5.96. The lowest BCUT2D eigenvalue weighted by Crippen LogP contribution is -2.46. The summed E-state index contributed by atoms with van der Waals surface area (Å²) in [5.74, 6) is -0.879. The van der Waals surface area contributed by atoms with Crippen LogP contribution in [-0.4, -0.2) is 28.7 Å². The quantitative estimate of drug-likeness (QED) is 0.846. The zero-order valence-corrected chi connectivity index (χ0v) is 15.0. The lowest BCUT2D eigenvalue weighted by Gasteiger charge is -2.29. The fourth-order valence-electron chi connectivity index (χ4n) is 3.60. The molecule has 0 bridgehead atoms. The molecule has 1 saturated heterocycles. The molecule has 2 amide bonds. The standard InChI is InChI=1S/C21H20N2O4/c1-13-6-8-14(9-7-13)12-22-19(25)17-10-11-18(24)23(17)20-15-4-2-3-5-16(15)21(26)27-20/h2-9,17,20H,10-12H2,1H3,(H,22,25). The summed E-state index contributed by atoms with van der Waals surface area (Å²) >= 11 is 0. The fourth-order valence-corrected chi connectivity index (χ4v) is 3.60. The van der Waals surface area contributed by atoms with Gasteiger partial charge in [-0.1, -0.05) is 48.0 Å². The summed E-state index contributed by atoms with van der Waals surface area (Å²) in [6.07, 6.45) is -0.160. The van der Waals surface area contributed by atoms with E-state index < -0.39 is 18.2 Å². The Morgan fingerprint density at radius 3 is 2.67 bits per heavy atom. The molecule has 2 aromatic carbocycles. The highest BCUT2D eigenvalue weighted by Gasteiger charge is 2.46. The molecule has 27 heavy (non-hydrogen) atoms. The van der Waals surface area contributed by atoms with Crippen LogP contribution < -0.4 is 5.32 Å². The maximum Gasteiger partial charge on any atom is 0.340 e. The first kappa shape index (κ1) is 17.3. The molecule has 0 saturated carbocycles. The van der Waals surface area contributed by atoms with Gasteiger partial charge in [0.05, 0.1) is 5.56 Å². The van der Waals surface area contributed by atoms with Crippen LogP contribution in [0.4, 0.5) is 0 Å². The molecule has 2 atom stereocenters. The Bertz CT molecular complexity index is 907. The van der Waals surface area contributed by atoms with E-state index in [-0.39, 0.29) is 18.2 Å². The van der Waals surface area contributed by atoms with Crippen LogP contribution in [0.3, 0.4) is 0 Å². The molecule has 2 aromatic rings. The number of nitrogens with one attached hydrogen (secondary N) is 1. The van der Waals surface area contributed by atoms with Gasteiger partial charge >= 0.3 is 5.97 Å². The number of fused-ring (bicyclic) bond motifs is 1. The minimum atomic E-state index is -0.834. The third-order valence-corrected chi connectivity index (χ3v) is 5.06. The van der Waals surface area contributed by atoms with E-state index in [2.05, 4.69) is 5.32 Å². The number of aryl methyl sites for hydroxylation is 1. The van der Waals surface area contributed by atoms with Crippen LogP contribution in [0.5, 0.6) is 0 Å². The highest BCUT2D eigenvalue weighted by atomic mass is 16.6. The third-order valence-electron chi connectivity index (χ3n) is 5.06. The predicted molar refractivity (Wildman–Crippen MR) is 97.5 cm³/mol. The van der Waals surface area contributed by atoms with E-state index in [4.69, 9.17) is 4.74 Å². The number of nitrogens with zero attached hydrogens (tertiary/aromatic N) is 1. The van der Waals surface area contributed by atoms with Crippen molar-refractivity contribution in [3.63, 3.8) is 0 Å². The number of esters is 1. The van der Waals surface area contributed by atoms with E-state index in [9.17, 15) is 14.4 Å². The van der Waals surface area contributed by atoms with Crippen LogP contribution in [0.25, 0.3) is 0 Å². The van der Waals surface area contributed by atoms with E-state index in [0.29, 0.717) is 24.1 Å². The van der Waals surface area contributed by atoms with Crippen molar-refractivity contribution in [2.24, 2.45) is 0 Å². The van der Waals surface area contributed by atoms with Crippen LogP contribution in [0, 0.1) is 6.92 Å². The second-order valence-electron chi connectivity index (χ2n) is 6.90. The number of hydrogen-bond donors (Lipinski definition) is 1. The molecule has 6 heteroatoms. The summed E-state index contributed by atoms with van der Waals surface area (Å²) in [6.45, 7) is 2.39. The van der Waals surface area contributed by atoms with Crippen LogP contribution in [-0.2, 0) is 20.9 Å². The van der Waals surface area contributed by atoms with Crippen LogP contribution in [0.15, 0.2) is 48.5 Å². The Hall–Kier alpha value is -3.15. The lowest BCUT2D eigenvalue weighted by atomic mass is 10.1. The van der Waals surface area contributed by atoms with Crippen LogP contribution in [0.1, 0.15) is 46.1 Å². The average Bonchev–Trinajstić information content (AvgIpc) is 3.21. The molecule has 1 fully saturated rings. The smallest absolute Gasteiger partial charge is 0.340 e. The van der Waals surface area contributed by atoms with E-state index >= 15 is 0 Å². The number of carbonyl (C=O) groups excluding carboxylic acids is 3. The van der Waals surface area contributed by atoms with Gasteiger partial charge in [-0.2, -0.15) is 0 Å². The highest BCUT2D eigenvalue weighted by Crippen LogP contribution is 2.38. The van der Waals surface area contributed by atoms with Crippen LogP contribution in [0.2, 0.25) is 0 Å². The molecule has 0 spiro atoms. The van der Waals surface area contributed by atoms with Crippen molar-refractivity contribution in [3.8, 4) is 0 Å². The number of ether oxygens (including phenoxy) is 1. The van der Waals surface area contributed by atoms with Crippen molar-refractivity contribution >= 4 is 17.8 Å². The first-order valence-corrected chi connectivity index (χ1v) is 8.99. The zero-order valence-electron chi connectivity index (χ0n) is 15.0. The van der Waals surface area contributed by atoms with E-state index in [1.54, 1.807) is 24.3 Å². The SMILES string of the molecule is Cc1ccc(CNC(=O)C2CCC(=O)N2C2OC(=O)c3ccccc32)cc1. The largest absolute Gasteiger partial charge is 0.433 e. The third kappa shape index (κ3) is 3.18. The molecular weight excluding hydrogens is 344 g/mol. The minimum absolute atomic E-state index is 0.181. The summed E-state index contributed by atoms with van der Waals surface area (Å²) in [5, 5.41) is 2.90. The minimum Gasteiger partial charge on any atom is -0.433 e. The molecule has 2 aliphatic heterocycles. The lowest BCUT2D eigenvalue weighted by molar-refractivity contribution is -0.145. The second-order valence-corrected chi connectivity index (χ2v) is 6.90. The summed E-state index contributed by atoms with van der Waals surface area (Å²) in [6, 6.07) is 14.2. The van der Waals surface area contributed by atoms with Gasteiger partial charge in [-0.15, -0.1) is 0 Å². The number of likely N-dealkylation sites (tertiary alicyclic amines) is 1. The van der Waals surface area contributed by atoms with Gasteiger partial charge in [-0.25, -0.2) is 4.79 Å². The molecule has 6 nitrogen and oxygen atoms in total. The Morgan fingerprint density at radius 1 is 1.15 bits per heavy atom. The molecule has 0 radical (unpaired) electrons. The monoisotopic (exact) mass is 364 g/mol. The van der Waals surface area contributed by atoms with Gasteiger partial charge in [0, 0.05) is 18.5 Å². The van der Waals surface area contributed by atoms with Gasteiger partial charge in [-0.05, 0) is 25.0 Å². The maximum atomic E-state index is 12.7. The molecule has 2 aliphatic rings. The summed E-state index contributed by atoms with van der Waals surface area (Å²) in [7, 11) is 0. The van der Waals surface area contributed by atoms with E-state index in [1.807, 2.05) is 31.2 Å². The molecule has 0 aromatic heterocycles. The number of amides is 2. The predicted octanol–water partition coefficient (Wildman–Crippen LogP) is 2.47. The second kappa shape index (κ2) is 6.87. The number of carbonyl (C=O) groups is 3. The van der Waals surface area contributed by atoms with Gasteiger partial charge in [0.15, 0.2) is 0 Å². The Balaban J connectivity index is 1.51. The molecular formula is C21H20N2O4. The summed E-state index contributed by atoms with van der Waals surface area (Å²) in [5.41, 5.74) is 3.22. The molecule has 1 N–H and O–H groups in total. The Labute approximate surface area is 157 Å². The zero-order chi connectivity index (χ0) is 19.0. The number of benzene rings is 2. The first-order valence-electron chi connectivity index (χ1n) is 8.99. The Morgan fingerprint density at radius 2 is 1.89 bits per heavy atom. The van der Waals surface area contributed by atoms with Gasteiger partial charge in [0.2, 0.25) is 18.0 Å². The van der Waals surface area contributed by atoms with Crippen molar-refractivity contribution in [1.82, 2.24) is 10.2 Å². The van der Waals surface area contributed by atoms with Crippen molar-refractivity contribution in [1.29, 1.82) is 0 Å². The number of hydrogen-bond acceptors (Lipinski definition) is 4. The number of cyclic esters (lactones) is 1. The maximum absolute atomic E-state index is 12.7. The van der Waals surface area contributed by atoms with Crippen molar-refractivity contribution in [2.45, 2.75) is 38.6 Å². The number of rotatable bonds is 4. The molecule has 2 heterocycles. The van der Waals surface area contributed by atoms with Gasteiger partial charge < -0.3 is 10.1 Å². The first-order chi connectivity index (χ1) is 13.0. The van der Waals surface area contributed by atoms with E-state index in [0.717, 1.165) is 11.1 Å². The van der Waals surface area contributed by atoms with Crippen molar-refractivity contribution in [3.05, 3.63) is 70.8 Å².